The SMILES string of the molecule is C[C@H]1CC[C@@H]2C3CC[C@@]4(C)C(CCC4[C@H](C)Cn4cc(C#N)cn4)[C@@H]3CC[C@@H]2C1. The van der Waals surface area contributed by atoms with Gasteiger partial charge in [-0.2, -0.15) is 10.4 Å². The standard InChI is InChI=1S/C26H39N3/c1-17-4-6-21-20(12-17)5-7-23-22(21)10-11-26(3)24(8-9-25(23)26)18(2)15-29-16-19(13-27)14-28-29/h14,16-18,20-25H,4-12,15H2,1-3H3/t17-,18+,20+,21-,22?,23+,24?,25?,26+/m0/s1. The van der Waals surface area contributed by atoms with Crippen LogP contribution in [0, 0.1) is 64.1 Å². The molecule has 3 heteroatoms. The molecule has 0 spiro atoms. The van der Waals surface area contributed by atoms with Gasteiger partial charge in [-0.1, -0.05) is 27.2 Å². The number of nitrogens with zero attached hydrogens (tertiary/aromatic N) is 3. The van der Waals surface area contributed by atoms with Crippen molar-refractivity contribution in [3.8, 4) is 6.07 Å². The molecule has 9 atom stereocenters. The average Bonchev–Trinajstić information content (AvgIpc) is 3.30. The number of nitriles is 1. The molecule has 5 rings (SSSR count). The van der Waals surface area contributed by atoms with Crippen LogP contribution in [0.5, 0.6) is 0 Å². The van der Waals surface area contributed by atoms with Crippen molar-refractivity contribution in [1.29, 1.82) is 5.26 Å². The maximum Gasteiger partial charge on any atom is 0.102 e. The van der Waals surface area contributed by atoms with E-state index in [2.05, 4.69) is 31.9 Å². The van der Waals surface area contributed by atoms with E-state index < -0.39 is 0 Å². The van der Waals surface area contributed by atoms with Crippen molar-refractivity contribution in [1.82, 2.24) is 9.78 Å². The zero-order chi connectivity index (χ0) is 20.2. The van der Waals surface area contributed by atoms with Gasteiger partial charge in [-0.15, -0.1) is 0 Å². The molecule has 4 aliphatic carbocycles. The molecule has 4 aliphatic rings. The van der Waals surface area contributed by atoms with Crippen LogP contribution in [0.2, 0.25) is 0 Å². The van der Waals surface area contributed by atoms with Crippen molar-refractivity contribution in [3.05, 3.63) is 18.0 Å². The zero-order valence-corrected chi connectivity index (χ0v) is 18.7. The Kier molecular flexibility index (Phi) is 5.04. The Morgan fingerprint density at radius 3 is 2.76 bits per heavy atom. The maximum absolute atomic E-state index is 9.10. The van der Waals surface area contributed by atoms with Crippen LogP contribution in [-0.2, 0) is 6.54 Å². The van der Waals surface area contributed by atoms with Crippen LogP contribution in [0.25, 0.3) is 0 Å². The molecule has 0 aliphatic heterocycles. The molecule has 29 heavy (non-hydrogen) atoms. The molecule has 4 saturated carbocycles. The van der Waals surface area contributed by atoms with Gasteiger partial charge in [0.25, 0.3) is 0 Å². The second-order valence-electron chi connectivity index (χ2n) is 11.6. The predicted molar refractivity (Wildman–Crippen MR) is 116 cm³/mol. The molecular weight excluding hydrogens is 354 g/mol. The number of aromatic nitrogens is 2. The third-order valence-electron chi connectivity index (χ3n) is 10.2. The number of fused-ring (bicyclic) bond motifs is 5. The molecule has 1 aromatic rings. The molecule has 1 aromatic heterocycles. The van der Waals surface area contributed by atoms with Gasteiger partial charge in [0, 0.05) is 12.7 Å². The minimum atomic E-state index is 0.528. The largest absolute Gasteiger partial charge is 0.271 e. The Morgan fingerprint density at radius 1 is 1.14 bits per heavy atom. The summed E-state index contributed by atoms with van der Waals surface area (Å²) in [6.07, 6.45) is 17.0. The lowest BCUT2D eigenvalue weighted by atomic mass is 9.49. The first-order valence-electron chi connectivity index (χ1n) is 12.4. The lowest BCUT2D eigenvalue weighted by Crippen LogP contribution is -2.49. The first-order valence-corrected chi connectivity index (χ1v) is 12.4. The molecule has 3 unspecified atom stereocenters. The van der Waals surface area contributed by atoms with Gasteiger partial charge in [-0.3, -0.25) is 4.68 Å². The number of rotatable bonds is 3. The van der Waals surface area contributed by atoms with Crippen molar-refractivity contribution >= 4 is 0 Å². The van der Waals surface area contributed by atoms with Crippen LogP contribution in [0.15, 0.2) is 12.4 Å². The summed E-state index contributed by atoms with van der Waals surface area (Å²) >= 11 is 0. The topological polar surface area (TPSA) is 41.6 Å². The van der Waals surface area contributed by atoms with E-state index >= 15 is 0 Å². The highest BCUT2D eigenvalue weighted by Gasteiger charge is 2.57. The zero-order valence-electron chi connectivity index (χ0n) is 18.7. The van der Waals surface area contributed by atoms with Crippen LogP contribution < -0.4 is 0 Å². The fourth-order valence-corrected chi connectivity index (χ4v) is 9.01. The van der Waals surface area contributed by atoms with E-state index in [-0.39, 0.29) is 0 Å². The third-order valence-corrected chi connectivity index (χ3v) is 10.2. The first-order chi connectivity index (χ1) is 14.0. The molecule has 1 heterocycles. The van der Waals surface area contributed by atoms with E-state index in [0.717, 1.165) is 48.0 Å². The van der Waals surface area contributed by atoms with Crippen LogP contribution in [0.3, 0.4) is 0 Å². The van der Waals surface area contributed by atoms with Gasteiger partial charge in [-0.05, 0) is 104 Å². The van der Waals surface area contributed by atoms with E-state index in [1.54, 1.807) is 6.20 Å². The highest BCUT2D eigenvalue weighted by molar-refractivity contribution is 5.21. The second kappa shape index (κ2) is 7.44. The Balaban J connectivity index is 1.30. The van der Waals surface area contributed by atoms with Gasteiger partial charge in [0.2, 0.25) is 0 Å². The van der Waals surface area contributed by atoms with E-state index in [4.69, 9.17) is 5.26 Å². The fraction of sp³-hybridized carbons (Fsp3) is 0.846. The minimum Gasteiger partial charge on any atom is -0.271 e. The molecule has 0 bridgehead atoms. The summed E-state index contributed by atoms with van der Waals surface area (Å²) in [4.78, 5) is 0. The van der Waals surface area contributed by atoms with Crippen molar-refractivity contribution in [3.63, 3.8) is 0 Å². The third kappa shape index (κ3) is 3.26. The number of hydrogen-bond acceptors (Lipinski definition) is 2. The Bertz CT molecular complexity index is 775. The molecule has 0 N–H and O–H groups in total. The van der Waals surface area contributed by atoms with E-state index in [0.29, 0.717) is 16.9 Å². The van der Waals surface area contributed by atoms with E-state index in [1.165, 1.54) is 57.8 Å². The van der Waals surface area contributed by atoms with Crippen molar-refractivity contribution in [2.24, 2.45) is 52.8 Å². The monoisotopic (exact) mass is 393 g/mol. The molecule has 0 aromatic carbocycles. The van der Waals surface area contributed by atoms with Crippen LogP contribution >= 0.6 is 0 Å². The van der Waals surface area contributed by atoms with Crippen molar-refractivity contribution in [2.75, 3.05) is 0 Å². The maximum atomic E-state index is 9.10. The summed E-state index contributed by atoms with van der Waals surface area (Å²) in [6.45, 7) is 8.55. The van der Waals surface area contributed by atoms with Gasteiger partial charge >= 0.3 is 0 Å². The predicted octanol–water partition coefficient (Wildman–Crippen LogP) is 6.30. The van der Waals surface area contributed by atoms with Crippen LogP contribution in [-0.4, -0.2) is 9.78 Å². The quantitative estimate of drug-likeness (QED) is 0.605. The summed E-state index contributed by atoms with van der Waals surface area (Å²) < 4.78 is 2.01. The Morgan fingerprint density at radius 2 is 1.97 bits per heavy atom. The van der Waals surface area contributed by atoms with Crippen molar-refractivity contribution < 1.29 is 0 Å². The summed E-state index contributed by atoms with van der Waals surface area (Å²) in [5, 5.41) is 13.5. The Labute approximate surface area is 177 Å². The lowest BCUT2D eigenvalue weighted by molar-refractivity contribution is -0.0737. The second-order valence-corrected chi connectivity index (χ2v) is 11.6. The average molecular weight is 394 g/mol. The van der Waals surface area contributed by atoms with Crippen LogP contribution in [0.4, 0.5) is 0 Å². The first kappa shape index (κ1) is 19.7. The van der Waals surface area contributed by atoms with Gasteiger partial charge in [-0.25, -0.2) is 0 Å². The van der Waals surface area contributed by atoms with Crippen LogP contribution in [0.1, 0.15) is 84.1 Å². The van der Waals surface area contributed by atoms with Gasteiger partial charge in [0.15, 0.2) is 0 Å². The summed E-state index contributed by atoms with van der Waals surface area (Å²) in [5.41, 5.74) is 1.22. The molecule has 0 saturated heterocycles. The highest BCUT2D eigenvalue weighted by Crippen LogP contribution is 2.65. The van der Waals surface area contributed by atoms with Gasteiger partial charge in [0.1, 0.15) is 6.07 Å². The van der Waals surface area contributed by atoms with E-state index in [9.17, 15) is 0 Å². The lowest BCUT2D eigenvalue weighted by Gasteiger charge is -2.56. The fourth-order valence-electron chi connectivity index (χ4n) is 9.01. The normalized spacial score (nSPS) is 45.0. The molecule has 3 nitrogen and oxygen atoms in total. The summed E-state index contributed by atoms with van der Waals surface area (Å²) in [6, 6.07) is 2.22. The van der Waals surface area contributed by atoms with Gasteiger partial charge < -0.3 is 0 Å². The molecular formula is C26H39N3. The summed E-state index contributed by atoms with van der Waals surface area (Å²) in [7, 11) is 0. The molecule has 0 amide bonds. The van der Waals surface area contributed by atoms with Crippen molar-refractivity contribution in [2.45, 2.75) is 85.1 Å². The smallest absolute Gasteiger partial charge is 0.102 e. The molecule has 158 valence electrons. The van der Waals surface area contributed by atoms with Gasteiger partial charge in [0.05, 0.1) is 11.8 Å². The highest BCUT2D eigenvalue weighted by atomic mass is 15.3. The minimum absolute atomic E-state index is 0.528. The number of hydrogen-bond donors (Lipinski definition) is 0. The summed E-state index contributed by atoms with van der Waals surface area (Å²) in [5.74, 6) is 7.54. The molecule has 0 radical (unpaired) electrons. The molecule has 4 fully saturated rings. The Hall–Kier alpha value is -1.30. The van der Waals surface area contributed by atoms with E-state index in [1.807, 2.05) is 10.9 Å².